The highest BCUT2D eigenvalue weighted by molar-refractivity contribution is 7.09. The standard InChI is InChI=1S/C18H23N.C10H12.C7H15N.C5H7NS.C2H6/c1-4-6-17-7-5-8-18(19-17)12-11-16-10-9-14(2)13-15(16)3;1-4-10-6-5-8(2)9(3)7-10;1-4-5-8-6-7(2)3;1-2-5-3-6-4-7-5;1-2/h5,7-10,13H,4,6,11-12H2,1-3H3;4-7H,1H2,2-3H3;8H,2,4-6H2,1,3H3;3-4H,2H2,1H3;1-2H3. The van der Waals surface area contributed by atoms with Gasteiger partial charge in [0.2, 0.25) is 0 Å². The zero-order chi connectivity index (χ0) is 34.7. The highest BCUT2D eigenvalue weighted by atomic mass is 32.1. The molecule has 4 heteroatoms. The molecule has 46 heavy (non-hydrogen) atoms. The third-order valence-corrected chi connectivity index (χ3v) is 7.90. The first-order valence-corrected chi connectivity index (χ1v) is 17.9. The Morgan fingerprint density at radius 3 is 2.02 bits per heavy atom. The number of hydrogen-bond acceptors (Lipinski definition) is 4. The Hall–Kier alpha value is -3.34. The van der Waals surface area contributed by atoms with E-state index in [2.05, 4.69) is 127 Å². The lowest BCUT2D eigenvalue weighted by molar-refractivity contribution is 0.715. The molecule has 0 aliphatic rings. The summed E-state index contributed by atoms with van der Waals surface area (Å²) in [6, 6.07) is 19.5. The van der Waals surface area contributed by atoms with E-state index in [9.17, 15) is 0 Å². The van der Waals surface area contributed by atoms with Crippen molar-refractivity contribution in [2.45, 2.75) is 108 Å². The number of nitrogens with one attached hydrogen (secondary N) is 1. The van der Waals surface area contributed by atoms with E-state index in [0.29, 0.717) is 0 Å². The number of aromatic nitrogens is 2. The highest BCUT2D eigenvalue weighted by Crippen LogP contribution is 2.14. The van der Waals surface area contributed by atoms with Gasteiger partial charge in [-0.1, -0.05) is 114 Å². The van der Waals surface area contributed by atoms with Crippen molar-refractivity contribution in [2.24, 2.45) is 0 Å². The van der Waals surface area contributed by atoms with Gasteiger partial charge in [-0.05, 0) is 113 Å². The third-order valence-electron chi connectivity index (χ3n) is 6.97. The van der Waals surface area contributed by atoms with Crippen LogP contribution in [0.5, 0.6) is 0 Å². The van der Waals surface area contributed by atoms with E-state index >= 15 is 0 Å². The molecule has 0 aliphatic heterocycles. The molecule has 0 saturated heterocycles. The minimum Gasteiger partial charge on any atom is -0.313 e. The summed E-state index contributed by atoms with van der Waals surface area (Å²) >= 11 is 1.71. The van der Waals surface area contributed by atoms with Gasteiger partial charge < -0.3 is 5.32 Å². The predicted molar refractivity (Wildman–Crippen MR) is 208 cm³/mol. The smallest absolute Gasteiger partial charge is 0.0794 e. The predicted octanol–water partition coefficient (Wildman–Crippen LogP) is 11.7. The summed E-state index contributed by atoms with van der Waals surface area (Å²) < 4.78 is 0. The molecule has 3 nitrogen and oxygen atoms in total. The van der Waals surface area contributed by atoms with Crippen LogP contribution in [0.4, 0.5) is 0 Å². The third kappa shape index (κ3) is 19.9. The molecule has 0 fully saturated rings. The number of benzene rings is 2. The molecule has 0 atom stereocenters. The molecule has 252 valence electrons. The molecular formula is C42H63N3S. The fraction of sp³-hybridized carbons (Fsp3) is 0.429. The first-order chi connectivity index (χ1) is 22.1. The second-order valence-corrected chi connectivity index (χ2v) is 12.3. The van der Waals surface area contributed by atoms with E-state index < -0.39 is 0 Å². The van der Waals surface area contributed by atoms with Gasteiger partial charge in [-0.25, -0.2) is 0 Å². The van der Waals surface area contributed by atoms with Crippen molar-refractivity contribution in [1.82, 2.24) is 15.3 Å². The molecule has 1 N–H and O–H groups in total. The maximum atomic E-state index is 4.72. The van der Waals surface area contributed by atoms with E-state index in [4.69, 9.17) is 4.98 Å². The van der Waals surface area contributed by atoms with E-state index in [1.165, 1.54) is 61.6 Å². The number of thiazole rings is 1. The lowest BCUT2D eigenvalue weighted by atomic mass is 10.0. The maximum Gasteiger partial charge on any atom is 0.0794 e. The molecule has 4 rings (SSSR count). The van der Waals surface area contributed by atoms with Gasteiger partial charge in [-0.2, -0.15) is 0 Å². The zero-order valence-electron chi connectivity index (χ0n) is 30.8. The van der Waals surface area contributed by atoms with E-state index in [-0.39, 0.29) is 0 Å². The summed E-state index contributed by atoms with van der Waals surface area (Å²) in [5.41, 5.74) is 13.5. The van der Waals surface area contributed by atoms with Crippen molar-refractivity contribution in [1.29, 1.82) is 0 Å². The van der Waals surface area contributed by atoms with Crippen LogP contribution in [0, 0.1) is 27.7 Å². The molecule has 0 aliphatic carbocycles. The molecule has 2 aromatic heterocycles. The summed E-state index contributed by atoms with van der Waals surface area (Å²) in [4.78, 5) is 10.00. The molecule has 0 bridgehead atoms. The first-order valence-electron chi connectivity index (χ1n) is 17.1. The molecule has 0 saturated carbocycles. The Morgan fingerprint density at radius 1 is 0.826 bits per heavy atom. The zero-order valence-corrected chi connectivity index (χ0v) is 31.6. The van der Waals surface area contributed by atoms with Gasteiger partial charge >= 0.3 is 0 Å². The molecule has 4 aromatic rings. The highest BCUT2D eigenvalue weighted by Gasteiger charge is 2.02. The van der Waals surface area contributed by atoms with E-state index in [0.717, 1.165) is 45.2 Å². The Morgan fingerprint density at radius 2 is 1.52 bits per heavy atom. The Balaban J connectivity index is 0.000000632. The van der Waals surface area contributed by atoms with Gasteiger partial charge in [0.15, 0.2) is 0 Å². The van der Waals surface area contributed by atoms with Crippen LogP contribution in [0.2, 0.25) is 0 Å². The normalized spacial score (nSPS) is 9.61. The van der Waals surface area contributed by atoms with Crippen LogP contribution in [0.1, 0.15) is 104 Å². The summed E-state index contributed by atoms with van der Waals surface area (Å²) in [5, 5.41) is 3.23. The first kappa shape index (κ1) is 42.7. The molecule has 0 unspecified atom stereocenters. The average Bonchev–Trinajstić information content (AvgIpc) is 3.59. The molecule has 0 amide bonds. The van der Waals surface area contributed by atoms with Gasteiger partial charge in [0.1, 0.15) is 0 Å². The van der Waals surface area contributed by atoms with Crippen LogP contribution >= 0.6 is 11.3 Å². The quantitative estimate of drug-likeness (QED) is 0.131. The molecule has 2 heterocycles. The number of aryl methyl sites for hydroxylation is 8. The van der Waals surface area contributed by atoms with Crippen molar-refractivity contribution in [3.63, 3.8) is 0 Å². The van der Waals surface area contributed by atoms with Crippen LogP contribution in [0.3, 0.4) is 0 Å². The second-order valence-electron chi connectivity index (χ2n) is 11.3. The van der Waals surface area contributed by atoms with Crippen molar-refractivity contribution < 1.29 is 0 Å². The average molecular weight is 642 g/mol. The fourth-order valence-electron chi connectivity index (χ4n) is 4.24. The summed E-state index contributed by atoms with van der Waals surface area (Å²) in [6.45, 7) is 30.6. The summed E-state index contributed by atoms with van der Waals surface area (Å²) in [7, 11) is 0. The van der Waals surface area contributed by atoms with Gasteiger partial charge in [0, 0.05) is 29.0 Å². The molecule has 2 aromatic carbocycles. The Bertz CT molecular complexity index is 1360. The number of pyridine rings is 1. The van der Waals surface area contributed by atoms with Crippen LogP contribution in [0.15, 0.2) is 85.0 Å². The number of hydrogen-bond donors (Lipinski definition) is 1. The van der Waals surface area contributed by atoms with Gasteiger partial charge in [0.05, 0.1) is 5.51 Å². The molecule has 0 radical (unpaired) electrons. The Kier molecular flexibility index (Phi) is 24.9. The molecular weight excluding hydrogens is 579 g/mol. The number of nitrogens with zero attached hydrogens (tertiary/aromatic N) is 2. The van der Waals surface area contributed by atoms with Crippen LogP contribution in [-0.2, 0) is 25.7 Å². The van der Waals surface area contributed by atoms with Crippen molar-refractivity contribution in [2.75, 3.05) is 13.1 Å². The maximum absolute atomic E-state index is 4.72. The van der Waals surface area contributed by atoms with Gasteiger partial charge in [-0.3, -0.25) is 9.97 Å². The van der Waals surface area contributed by atoms with Crippen LogP contribution in [-0.4, -0.2) is 23.1 Å². The van der Waals surface area contributed by atoms with E-state index in [1.54, 1.807) is 11.3 Å². The second kappa shape index (κ2) is 26.8. The SMILES string of the molecule is C=C(C)CNCCC.C=Cc1ccc(C)c(C)c1.CC.CCCc1cccc(CCc2ccc(C)cc2C)n1.CCc1cncs1. The lowest BCUT2D eigenvalue weighted by Crippen LogP contribution is -2.16. The largest absolute Gasteiger partial charge is 0.313 e. The van der Waals surface area contributed by atoms with E-state index in [1.807, 2.05) is 38.6 Å². The lowest BCUT2D eigenvalue weighted by Gasteiger charge is -2.07. The minimum atomic E-state index is 0.966. The fourth-order valence-corrected chi connectivity index (χ4v) is 4.79. The minimum absolute atomic E-state index is 0.966. The monoisotopic (exact) mass is 641 g/mol. The van der Waals surface area contributed by atoms with Crippen LogP contribution in [0.25, 0.3) is 6.08 Å². The molecule has 0 spiro atoms. The summed E-state index contributed by atoms with van der Waals surface area (Å²) in [6.07, 6.45) is 10.4. The number of rotatable bonds is 11. The van der Waals surface area contributed by atoms with Gasteiger partial charge in [0.25, 0.3) is 0 Å². The topological polar surface area (TPSA) is 37.8 Å². The summed E-state index contributed by atoms with van der Waals surface area (Å²) in [5.74, 6) is 0. The van der Waals surface area contributed by atoms with Crippen molar-refractivity contribution in [3.8, 4) is 0 Å². The van der Waals surface area contributed by atoms with Crippen molar-refractivity contribution in [3.05, 3.63) is 135 Å². The van der Waals surface area contributed by atoms with Crippen molar-refractivity contribution >= 4 is 17.4 Å². The Labute approximate surface area is 287 Å². The van der Waals surface area contributed by atoms with Crippen LogP contribution < -0.4 is 5.32 Å². The van der Waals surface area contributed by atoms with Gasteiger partial charge in [-0.15, -0.1) is 11.3 Å².